The number of unbranched alkanes of at least 4 members (excludes halogenated alkanes) is 1. The zero-order chi connectivity index (χ0) is 39.3. The van der Waals surface area contributed by atoms with E-state index in [2.05, 4.69) is 44.5 Å². The minimum Gasteiger partial charge on any atom is -0.481 e. The van der Waals surface area contributed by atoms with Gasteiger partial charge in [-0.05, 0) is 51.5 Å². The molecule has 0 fully saturated rings. The maximum Gasteiger partial charge on any atom is 0.322 e. The molecular weight excluding hydrogens is 696 g/mol. The van der Waals surface area contributed by atoms with Crippen molar-refractivity contribution < 1.29 is 58.5 Å². The van der Waals surface area contributed by atoms with Crippen LogP contribution in [-0.4, -0.2) is 124 Å². The number of thiol groups is 1. The van der Waals surface area contributed by atoms with Crippen LogP contribution in [0.2, 0.25) is 0 Å². The number of carbonyl (C=O) groups excluding carboxylic acids is 6. The van der Waals surface area contributed by atoms with Crippen LogP contribution in [0.15, 0.2) is 0 Å². The second-order valence-corrected chi connectivity index (χ2v) is 12.5. The average Bonchev–Trinajstić information content (AvgIpc) is 3.04. The van der Waals surface area contributed by atoms with Gasteiger partial charge in [-0.2, -0.15) is 12.6 Å². The van der Waals surface area contributed by atoms with Gasteiger partial charge in [0.2, 0.25) is 35.4 Å². The van der Waals surface area contributed by atoms with Gasteiger partial charge in [0.25, 0.3) is 0 Å². The fraction of sp³-hybridized carbons (Fsp3) is 0.700. The molecule has 0 saturated heterocycles. The van der Waals surface area contributed by atoms with Gasteiger partial charge in [-0.25, -0.2) is 0 Å². The summed E-state index contributed by atoms with van der Waals surface area (Å²) in [5.41, 5.74) is 11.3. The number of nitrogens with two attached hydrogens (primary N) is 2. The van der Waals surface area contributed by atoms with E-state index in [0.29, 0.717) is 25.8 Å². The lowest BCUT2D eigenvalue weighted by Gasteiger charge is -2.27. The third kappa shape index (κ3) is 20.1. The van der Waals surface area contributed by atoms with E-state index in [1.807, 2.05) is 0 Å². The molecule has 0 rings (SSSR count). The van der Waals surface area contributed by atoms with E-state index >= 15 is 0 Å². The van der Waals surface area contributed by atoms with Gasteiger partial charge in [0.15, 0.2) is 0 Å². The van der Waals surface area contributed by atoms with Crippen molar-refractivity contribution in [3.63, 3.8) is 0 Å². The smallest absolute Gasteiger partial charge is 0.322 e. The minimum absolute atomic E-state index is 0.0143. The van der Waals surface area contributed by atoms with E-state index in [1.165, 1.54) is 6.92 Å². The van der Waals surface area contributed by atoms with Crippen LogP contribution in [0.4, 0.5) is 0 Å². The number of carboxylic acids is 3. The summed E-state index contributed by atoms with van der Waals surface area (Å²) < 4.78 is 0. The van der Waals surface area contributed by atoms with E-state index < -0.39 is 122 Å². The summed E-state index contributed by atoms with van der Waals surface area (Å²) >= 11 is 4.08. The molecule has 0 aliphatic carbocycles. The monoisotopic (exact) mass is 748 g/mol. The van der Waals surface area contributed by atoms with Crippen molar-refractivity contribution >= 4 is 66.0 Å². The van der Waals surface area contributed by atoms with Gasteiger partial charge in [0.1, 0.15) is 36.8 Å². The summed E-state index contributed by atoms with van der Waals surface area (Å²) in [4.78, 5) is 111. The van der Waals surface area contributed by atoms with Crippen LogP contribution in [0, 0.1) is 5.92 Å². The number of rotatable bonds is 26. The van der Waals surface area contributed by atoms with Crippen molar-refractivity contribution in [3.8, 4) is 0 Å². The van der Waals surface area contributed by atoms with Crippen molar-refractivity contribution in [1.82, 2.24) is 31.9 Å². The molecule has 0 aliphatic rings. The first kappa shape index (κ1) is 46.5. The zero-order valence-electron chi connectivity index (χ0n) is 28.9. The highest BCUT2D eigenvalue weighted by Gasteiger charge is 2.32. The van der Waals surface area contributed by atoms with Crippen LogP contribution in [-0.2, 0) is 43.2 Å². The molecule has 6 atom stereocenters. The molecule has 51 heavy (non-hydrogen) atoms. The Morgan fingerprint density at radius 3 is 1.55 bits per heavy atom. The molecule has 290 valence electrons. The van der Waals surface area contributed by atoms with Gasteiger partial charge in [-0.15, -0.1) is 0 Å². The van der Waals surface area contributed by atoms with Gasteiger partial charge in [0.05, 0.1) is 6.04 Å². The standard InChI is InChI=1S/C30H52N8O12S/c1-15(2)12-20(29(49)36-18(7-9-22(39)40)27(47)33-13-24(43)44)37-28(48)19(8-10-23(41)42)35-25(45)16(3)34-30(50)21(14-51)38-26(46)17(32)6-4-5-11-31/h15-21,51H,4-14,31-32H2,1-3H3,(H,33,47)(H,34,50)(H,35,45)(H,36,49)(H,37,48)(H,38,46)(H,39,40)(H,41,42)(H,43,44)/t16-,17-,18-,19-,20-,21-/m0/s1. The van der Waals surface area contributed by atoms with Crippen LogP contribution < -0.4 is 43.4 Å². The number of amides is 6. The number of hydrogen-bond donors (Lipinski definition) is 12. The normalized spacial score (nSPS) is 14.4. The van der Waals surface area contributed by atoms with Crippen LogP contribution in [0.25, 0.3) is 0 Å². The second kappa shape index (κ2) is 24.6. The van der Waals surface area contributed by atoms with Gasteiger partial charge < -0.3 is 58.7 Å². The van der Waals surface area contributed by atoms with Gasteiger partial charge >= 0.3 is 17.9 Å². The summed E-state index contributed by atoms with van der Waals surface area (Å²) in [7, 11) is 0. The molecular formula is C30H52N8O12S. The second-order valence-electron chi connectivity index (χ2n) is 12.2. The Morgan fingerprint density at radius 2 is 1.06 bits per heavy atom. The average molecular weight is 749 g/mol. The van der Waals surface area contributed by atoms with E-state index in [1.54, 1.807) is 13.8 Å². The van der Waals surface area contributed by atoms with Gasteiger partial charge in [-0.1, -0.05) is 20.3 Å². The fourth-order valence-corrected chi connectivity index (χ4v) is 4.65. The number of carbonyl (C=O) groups is 9. The molecule has 0 aromatic carbocycles. The Labute approximate surface area is 300 Å². The van der Waals surface area contributed by atoms with Crippen molar-refractivity contribution in [2.75, 3.05) is 18.8 Å². The lowest BCUT2D eigenvalue weighted by atomic mass is 10.0. The fourth-order valence-electron chi connectivity index (χ4n) is 4.40. The maximum atomic E-state index is 13.4. The molecule has 0 bridgehead atoms. The largest absolute Gasteiger partial charge is 0.481 e. The minimum atomic E-state index is -1.52. The Bertz CT molecular complexity index is 1240. The first-order chi connectivity index (χ1) is 23.8. The Morgan fingerprint density at radius 1 is 0.588 bits per heavy atom. The Hall–Kier alpha value is -4.50. The highest BCUT2D eigenvalue weighted by Crippen LogP contribution is 2.09. The Balaban J connectivity index is 5.83. The summed E-state index contributed by atoms with van der Waals surface area (Å²) in [6, 6.07) is -7.76. The van der Waals surface area contributed by atoms with Crippen molar-refractivity contribution in [1.29, 1.82) is 0 Å². The topological polar surface area (TPSA) is 339 Å². The number of carboxylic acid groups (broad SMARTS) is 3. The molecule has 0 aromatic rings. The van der Waals surface area contributed by atoms with Crippen LogP contribution in [0.5, 0.6) is 0 Å². The number of hydrogen-bond acceptors (Lipinski definition) is 12. The SMILES string of the molecule is CC(C)C[C@H](NC(=O)[C@H](CCC(=O)O)NC(=O)[C@H](C)NC(=O)[C@H](CS)NC(=O)[C@@H](N)CCCCN)C(=O)N[C@@H](CCC(=O)O)C(=O)NCC(=O)O. The molecule has 0 saturated carbocycles. The molecule has 6 amide bonds. The van der Waals surface area contributed by atoms with Crippen LogP contribution >= 0.6 is 12.6 Å². The van der Waals surface area contributed by atoms with Crippen molar-refractivity contribution in [2.45, 2.75) is 108 Å². The Kier molecular flexibility index (Phi) is 22.4. The third-order valence-corrected chi connectivity index (χ3v) is 7.55. The molecule has 21 heteroatoms. The number of nitrogens with one attached hydrogen (secondary N) is 6. The lowest BCUT2D eigenvalue weighted by Crippen LogP contribution is -2.59. The van der Waals surface area contributed by atoms with E-state index in [0.717, 1.165) is 0 Å². The first-order valence-corrected chi connectivity index (χ1v) is 17.0. The summed E-state index contributed by atoms with van der Waals surface area (Å²) in [6.45, 7) is 4.31. The maximum absolute atomic E-state index is 13.4. The predicted molar refractivity (Wildman–Crippen MR) is 184 cm³/mol. The van der Waals surface area contributed by atoms with Crippen LogP contribution in [0.3, 0.4) is 0 Å². The molecule has 0 aliphatic heterocycles. The lowest BCUT2D eigenvalue weighted by molar-refractivity contribution is -0.140. The molecule has 0 spiro atoms. The van der Waals surface area contributed by atoms with Crippen LogP contribution in [0.1, 0.15) is 72.1 Å². The highest BCUT2D eigenvalue weighted by molar-refractivity contribution is 7.80. The van der Waals surface area contributed by atoms with E-state index in [-0.39, 0.29) is 18.1 Å². The van der Waals surface area contributed by atoms with E-state index in [9.17, 15) is 48.3 Å². The predicted octanol–water partition coefficient (Wildman–Crippen LogP) is -3.21. The molecule has 0 unspecified atom stereocenters. The van der Waals surface area contributed by atoms with Crippen molar-refractivity contribution in [3.05, 3.63) is 0 Å². The quantitative estimate of drug-likeness (QED) is 0.0306. The summed E-state index contributed by atoms with van der Waals surface area (Å²) in [6.07, 6.45) is -0.414. The summed E-state index contributed by atoms with van der Waals surface area (Å²) in [5.74, 6) is -9.57. The third-order valence-electron chi connectivity index (χ3n) is 7.19. The van der Waals surface area contributed by atoms with Gasteiger partial charge in [0, 0.05) is 18.6 Å². The molecule has 0 radical (unpaired) electrons. The first-order valence-electron chi connectivity index (χ1n) is 16.3. The molecule has 13 N–H and O–H groups in total. The molecule has 0 heterocycles. The highest BCUT2D eigenvalue weighted by atomic mass is 32.1. The molecule has 20 nitrogen and oxygen atoms in total. The molecule has 0 aromatic heterocycles. The zero-order valence-corrected chi connectivity index (χ0v) is 29.8. The van der Waals surface area contributed by atoms with E-state index in [4.69, 9.17) is 21.7 Å². The van der Waals surface area contributed by atoms with Gasteiger partial charge in [-0.3, -0.25) is 43.2 Å². The number of aliphatic carboxylic acids is 3. The van der Waals surface area contributed by atoms with Crippen molar-refractivity contribution in [2.24, 2.45) is 17.4 Å². The summed E-state index contributed by atoms with van der Waals surface area (Å²) in [5, 5.41) is 41.2.